The van der Waals surface area contributed by atoms with Gasteiger partial charge in [-0.15, -0.1) is 11.8 Å². The van der Waals surface area contributed by atoms with Crippen molar-refractivity contribution in [3.05, 3.63) is 41.3 Å². The first-order valence-electron chi connectivity index (χ1n) is 8.24. The average Bonchev–Trinajstić information content (AvgIpc) is 2.64. The number of piperidine rings is 1. The van der Waals surface area contributed by atoms with Gasteiger partial charge in [-0.25, -0.2) is 0 Å². The smallest absolute Gasteiger partial charge is 0.306 e. The molecular weight excluding hydrogens is 340 g/mol. The van der Waals surface area contributed by atoms with Crippen molar-refractivity contribution in [1.29, 1.82) is 0 Å². The number of thioether (sulfide) groups is 1. The van der Waals surface area contributed by atoms with Crippen molar-refractivity contribution >= 4 is 35.2 Å². The van der Waals surface area contributed by atoms with Gasteiger partial charge in [0.2, 0.25) is 11.8 Å². The lowest BCUT2D eigenvalue weighted by atomic mass is 9.97. The van der Waals surface area contributed by atoms with Crippen molar-refractivity contribution in [2.24, 2.45) is 5.92 Å². The molecule has 0 unspecified atom stereocenters. The van der Waals surface area contributed by atoms with Crippen LogP contribution in [0.5, 0.6) is 0 Å². The van der Waals surface area contributed by atoms with Crippen molar-refractivity contribution in [1.82, 2.24) is 9.80 Å². The lowest BCUT2D eigenvalue weighted by Gasteiger charge is -2.34. The number of carboxylic acids is 1. The molecule has 0 atom stereocenters. The Balaban J connectivity index is 1.68. The molecule has 1 saturated heterocycles. The highest BCUT2D eigenvalue weighted by Crippen LogP contribution is 2.28. The number of benzene rings is 1. The van der Waals surface area contributed by atoms with E-state index in [0.29, 0.717) is 31.7 Å². The van der Waals surface area contributed by atoms with Crippen LogP contribution >= 0.6 is 11.8 Å². The molecular formula is C18H20N2O4S. The summed E-state index contributed by atoms with van der Waals surface area (Å²) < 4.78 is 0. The molecule has 0 spiro atoms. The van der Waals surface area contributed by atoms with E-state index < -0.39 is 5.97 Å². The highest BCUT2D eigenvalue weighted by Gasteiger charge is 2.30. The van der Waals surface area contributed by atoms with Gasteiger partial charge in [-0.2, -0.15) is 0 Å². The molecule has 132 valence electrons. The van der Waals surface area contributed by atoms with E-state index in [0.717, 1.165) is 11.3 Å². The molecule has 7 heteroatoms. The second-order valence-electron chi connectivity index (χ2n) is 6.15. The molecule has 2 amide bonds. The van der Waals surface area contributed by atoms with Crippen LogP contribution in [0.15, 0.2) is 35.7 Å². The Morgan fingerprint density at radius 2 is 1.84 bits per heavy atom. The minimum absolute atomic E-state index is 0.00212. The molecule has 0 saturated carbocycles. The van der Waals surface area contributed by atoms with Gasteiger partial charge in [0.1, 0.15) is 6.54 Å². The molecule has 2 aliphatic rings. The SMILES string of the molecule is O=C(O)C1CCN(C(=O)CN2C(=O)CSC=C2c2ccccc2)CC1. The van der Waals surface area contributed by atoms with Gasteiger partial charge in [-0.1, -0.05) is 30.3 Å². The number of rotatable bonds is 4. The van der Waals surface area contributed by atoms with Gasteiger partial charge in [0.05, 0.1) is 17.4 Å². The summed E-state index contributed by atoms with van der Waals surface area (Å²) in [6, 6.07) is 9.54. The molecule has 0 aliphatic carbocycles. The van der Waals surface area contributed by atoms with Crippen LogP contribution in [0.3, 0.4) is 0 Å². The predicted molar refractivity (Wildman–Crippen MR) is 95.5 cm³/mol. The number of hydrogen-bond acceptors (Lipinski definition) is 4. The van der Waals surface area contributed by atoms with Gasteiger partial charge in [0.15, 0.2) is 0 Å². The third-order valence-corrected chi connectivity index (χ3v) is 5.36. The fraction of sp³-hybridized carbons (Fsp3) is 0.389. The molecule has 0 aromatic heterocycles. The monoisotopic (exact) mass is 360 g/mol. The van der Waals surface area contributed by atoms with Crippen molar-refractivity contribution in [3.8, 4) is 0 Å². The van der Waals surface area contributed by atoms with Crippen molar-refractivity contribution < 1.29 is 19.5 Å². The third-order valence-electron chi connectivity index (χ3n) is 4.55. The fourth-order valence-electron chi connectivity index (χ4n) is 3.09. The van der Waals surface area contributed by atoms with Gasteiger partial charge in [0.25, 0.3) is 0 Å². The zero-order chi connectivity index (χ0) is 17.8. The third kappa shape index (κ3) is 4.04. The number of likely N-dealkylation sites (tertiary alicyclic amines) is 1. The highest BCUT2D eigenvalue weighted by atomic mass is 32.2. The van der Waals surface area contributed by atoms with Gasteiger partial charge < -0.3 is 14.9 Å². The summed E-state index contributed by atoms with van der Waals surface area (Å²) in [5, 5.41) is 11.0. The van der Waals surface area contributed by atoms with Crippen molar-refractivity contribution in [2.75, 3.05) is 25.4 Å². The van der Waals surface area contributed by atoms with E-state index in [9.17, 15) is 14.4 Å². The van der Waals surface area contributed by atoms with E-state index in [-0.39, 0.29) is 24.3 Å². The van der Waals surface area contributed by atoms with Crippen LogP contribution in [0.4, 0.5) is 0 Å². The predicted octanol–water partition coefficient (Wildman–Crippen LogP) is 1.88. The van der Waals surface area contributed by atoms with E-state index in [2.05, 4.69) is 0 Å². The Bertz CT molecular complexity index is 696. The van der Waals surface area contributed by atoms with Crippen molar-refractivity contribution in [2.45, 2.75) is 12.8 Å². The topological polar surface area (TPSA) is 77.9 Å². The summed E-state index contributed by atoms with van der Waals surface area (Å²) >= 11 is 1.43. The molecule has 2 aliphatic heterocycles. The Kier molecular flexibility index (Phi) is 5.43. The van der Waals surface area contributed by atoms with Crippen LogP contribution in [0.25, 0.3) is 5.70 Å². The molecule has 2 heterocycles. The van der Waals surface area contributed by atoms with E-state index in [1.807, 2.05) is 35.7 Å². The maximum Gasteiger partial charge on any atom is 0.306 e. The van der Waals surface area contributed by atoms with Crippen molar-refractivity contribution in [3.63, 3.8) is 0 Å². The molecule has 1 aromatic carbocycles. The Morgan fingerprint density at radius 3 is 2.48 bits per heavy atom. The Hall–Kier alpha value is -2.28. The lowest BCUT2D eigenvalue weighted by Crippen LogP contribution is -2.46. The molecule has 1 fully saturated rings. The number of nitrogens with zero attached hydrogens (tertiary/aromatic N) is 2. The van der Waals surface area contributed by atoms with E-state index in [1.54, 1.807) is 4.90 Å². The van der Waals surface area contributed by atoms with Crippen LogP contribution < -0.4 is 0 Å². The van der Waals surface area contributed by atoms with Crippen LogP contribution in [0, 0.1) is 5.92 Å². The molecule has 6 nitrogen and oxygen atoms in total. The van der Waals surface area contributed by atoms with Gasteiger partial charge >= 0.3 is 5.97 Å². The van der Waals surface area contributed by atoms with Gasteiger partial charge in [-0.3, -0.25) is 14.4 Å². The second kappa shape index (κ2) is 7.74. The first-order chi connectivity index (χ1) is 12.1. The van der Waals surface area contributed by atoms with E-state index in [1.165, 1.54) is 16.7 Å². The van der Waals surface area contributed by atoms with Gasteiger partial charge in [-0.05, 0) is 23.8 Å². The minimum Gasteiger partial charge on any atom is -0.481 e. The van der Waals surface area contributed by atoms with Crippen LogP contribution in [-0.2, 0) is 14.4 Å². The first kappa shape index (κ1) is 17.5. The number of carbonyl (C=O) groups is 3. The zero-order valence-electron chi connectivity index (χ0n) is 13.8. The normalized spacial score (nSPS) is 18.9. The largest absolute Gasteiger partial charge is 0.481 e. The quantitative estimate of drug-likeness (QED) is 0.887. The molecule has 25 heavy (non-hydrogen) atoms. The molecule has 3 rings (SSSR count). The fourth-order valence-corrected chi connectivity index (χ4v) is 3.89. The van der Waals surface area contributed by atoms with Crippen LogP contribution in [-0.4, -0.2) is 58.1 Å². The second-order valence-corrected chi connectivity index (χ2v) is 7.01. The highest BCUT2D eigenvalue weighted by molar-refractivity contribution is 8.03. The number of aliphatic carboxylic acids is 1. The molecule has 0 bridgehead atoms. The van der Waals surface area contributed by atoms with Gasteiger partial charge in [0, 0.05) is 13.1 Å². The Labute approximate surface area is 150 Å². The average molecular weight is 360 g/mol. The molecule has 0 radical (unpaired) electrons. The summed E-state index contributed by atoms with van der Waals surface area (Å²) in [4.78, 5) is 39.2. The summed E-state index contributed by atoms with van der Waals surface area (Å²) in [5.41, 5.74) is 1.65. The maximum absolute atomic E-state index is 12.6. The number of hydrogen-bond donors (Lipinski definition) is 1. The summed E-state index contributed by atoms with van der Waals surface area (Å²) in [6.07, 6.45) is 0.929. The number of carboxylic acid groups (broad SMARTS) is 1. The van der Waals surface area contributed by atoms with Crippen LogP contribution in [0.1, 0.15) is 18.4 Å². The maximum atomic E-state index is 12.6. The first-order valence-corrected chi connectivity index (χ1v) is 9.29. The summed E-state index contributed by atoms with van der Waals surface area (Å²) in [7, 11) is 0. The summed E-state index contributed by atoms with van der Waals surface area (Å²) in [6.45, 7) is 0.853. The van der Waals surface area contributed by atoms with Crippen LogP contribution in [0.2, 0.25) is 0 Å². The molecule has 1 aromatic rings. The number of carbonyl (C=O) groups excluding carboxylic acids is 2. The lowest BCUT2D eigenvalue weighted by molar-refractivity contribution is -0.146. The number of amides is 2. The van der Waals surface area contributed by atoms with E-state index >= 15 is 0 Å². The van der Waals surface area contributed by atoms with E-state index in [4.69, 9.17) is 5.11 Å². The zero-order valence-corrected chi connectivity index (χ0v) is 14.6. The standard InChI is InChI=1S/C18H20N2O4S/c21-16(19-8-6-14(7-9-19)18(23)24)10-20-15(11-25-12-17(20)22)13-4-2-1-3-5-13/h1-5,11,14H,6-10,12H2,(H,23,24). The molecule has 1 N–H and O–H groups in total. The summed E-state index contributed by atoms with van der Waals surface area (Å²) in [5.74, 6) is -1.07. The minimum atomic E-state index is -0.801. The Morgan fingerprint density at radius 1 is 1.16 bits per heavy atom.